The van der Waals surface area contributed by atoms with Crippen molar-refractivity contribution >= 4 is 20.8 Å². The van der Waals surface area contributed by atoms with Crippen LogP contribution >= 0.6 is 0 Å². The first-order valence-corrected chi connectivity index (χ1v) is 10.5. The van der Waals surface area contributed by atoms with Gasteiger partial charge in [-0.25, -0.2) is 13.1 Å². The van der Waals surface area contributed by atoms with Crippen molar-refractivity contribution in [1.82, 2.24) is 4.72 Å². The standard InChI is InChI=1S/C20H23NO2S/c22-24(23,19-7-3-5-17-4-1-2-6-18(17)19)21-20-11-14-8-15(12-20)10-16(9-14)13-20/h1-7,14-16,21H,8-13H2. The summed E-state index contributed by atoms with van der Waals surface area (Å²) in [7, 11) is -3.50. The summed E-state index contributed by atoms with van der Waals surface area (Å²) < 4.78 is 29.6. The molecule has 0 spiro atoms. The number of sulfonamides is 1. The van der Waals surface area contributed by atoms with Gasteiger partial charge < -0.3 is 0 Å². The van der Waals surface area contributed by atoms with Crippen molar-refractivity contribution in [2.24, 2.45) is 17.8 Å². The van der Waals surface area contributed by atoms with Gasteiger partial charge in [-0.05, 0) is 67.7 Å². The summed E-state index contributed by atoms with van der Waals surface area (Å²) >= 11 is 0. The number of nitrogens with one attached hydrogen (secondary N) is 1. The van der Waals surface area contributed by atoms with Crippen LogP contribution in [0.2, 0.25) is 0 Å². The van der Waals surface area contributed by atoms with E-state index in [4.69, 9.17) is 0 Å². The summed E-state index contributed by atoms with van der Waals surface area (Å²) in [6.45, 7) is 0. The molecule has 3 nitrogen and oxygen atoms in total. The number of rotatable bonds is 3. The van der Waals surface area contributed by atoms with Crippen LogP contribution in [0.5, 0.6) is 0 Å². The van der Waals surface area contributed by atoms with E-state index in [1.165, 1.54) is 19.3 Å². The van der Waals surface area contributed by atoms with E-state index < -0.39 is 10.0 Å². The molecule has 4 bridgehead atoms. The van der Waals surface area contributed by atoms with E-state index in [1.807, 2.05) is 36.4 Å². The quantitative estimate of drug-likeness (QED) is 0.914. The monoisotopic (exact) mass is 341 g/mol. The van der Waals surface area contributed by atoms with Crippen LogP contribution in [0.1, 0.15) is 38.5 Å². The molecule has 4 fully saturated rings. The molecule has 4 aliphatic rings. The SMILES string of the molecule is O=S(=O)(NC12CC3CC(CC(C3)C1)C2)c1cccc2ccccc12. The highest BCUT2D eigenvalue weighted by molar-refractivity contribution is 7.89. The van der Waals surface area contributed by atoms with Crippen LogP contribution in [0.25, 0.3) is 10.8 Å². The molecule has 4 aliphatic carbocycles. The van der Waals surface area contributed by atoms with Crippen molar-refractivity contribution in [2.75, 3.05) is 0 Å². The highest BCUT2D eigenvalue weighted by Crippen LogP contribution is 2.56. The van der Waals surface area contributed by atoms with Crippen LogP contribution < -0.4 is 4.72 Å². The molecule has 4 heteroatoms. The third kappa shape index (κ3) is 2.31. The van der Waals surface area contributed by atoms with E-state index in [-0.39, 0.29) is 5.54 Å². The Morgan fingerprint density at radius 3 is 2.08 bits per heavy atom. The lowest BCUT2D eigenvalue weighted by atomic mass is 9.53. The minimum absolute atomic E-state index is 0.190. The fourth-order valence-corrected chi connectivity index (χ4v) is 7.67. The van der Waals surface area contributed by atoms with E-state index in [0.717, 1.165) is 47.8 Å². The Balaban J connectivity index is 1.54. The fourth-order valence-electron chi connectivity index (χ4n) is 6.01. The topological polar surface area (TPSA) is 46.2 Å². The summed E-state index contributed by atoms with van der Waals surface area (Å²) in [6.07, 6.45) is 7.04. The van der Waals surface area contributed by atoms with Gasteiger partial charge in [-0.2, -0.15) is 0 Å². The normalized spacial score (nSPS) is 34.8. The zero-order valence-electron chi connectivity index (χ0n) is 13.7. The molecule has 6 rings (SSSR count). The van der Waals surface area contributed by atoms with Gasteiger partial charge in [0.05, 0.1) is 4.90 Å². The molecule has 0 atom stereocenters. The highest BCUT2D eigenvalue weighted by Gasteiger charge is 2.52. The number of fused-ring (bicyclic) bond motifs is 1. The largest absolute Gasteiger partial charge is 0.241 e. The zero-order valence-corrected chi connectivity index (χ0v) is 14.6. The molecule has 0 unspecified atom stereocenters. The van der Waals surface area contributed by atoms with Crippen LogP contribution in [0.15, 0.2) is 47.4 Å². The van der Waals surface area contributed by atoms with Gasteiger partial charge in [-0.15, -0.1) is 0 Å². The third-order valence-electron chi connectivity index (χ3n) is 6.43. The Hall–Kier alpha value is -1.39. The van der Waals surface area contributed by atoms with Crippen LogP contribution in [-0.4, -0.2) is 14.0 Å². The summed E-state index contributed by atoms with van der Waals surface area (Å²) in [5.41, 5.74) is -0.190. The van der Waals surface area contributed by atoms with Gasteiger partial charge in [-0.3, -0.25) is 0 Å². The van der Waals surface area contributed by atoms with Gasteiger partial charge in [0, 0.05) is 10.9 Å². The molecule has 2 aromatic rings. The molecule has 126 valence electrons. The van der Waals surface area contributed by atoms with Crippen molar-refractivity contribution in [2.45, 2.75) is 49.0 Å². The van der Waals surface area contributed by atoms with E-state index in [1.54, 1.807) is 6.07 Å². The van der Waals surface area contributed by atoms with Crippen molar-refractivity contribution in [3.05, 3.63) is 42.5 Å². The summed E-state index contributed by atoms with van der Waals surface area (Å²) in [5.74, 6) is 2.18. The van der Waals surface area contributed by atoms with E-state index in [9.17, 15) is 8.42 Å². The second kappa shape index (κ2) is 5.06. The van der Waals surface area contributed by atoms with Gasteiger partial charge in [-0.1, -0.05) is 36.4 Å². The van der Waals surface area contributed by atoms with Crippen LogP contribution in [0.3, 0.4) is 0 Å². The minimum Gasteiger partial charge on any atom is -0.207 e. The second-order valence-corrected chi connectivity index (χ2v) is 9.93. The molecule has 2 aromatic carbocycles. The molecular formula is C20H23NO2S. The van der Waals surface area contributed by atoms with Crippen molar-refractivity contribution < 1.29 is 8.42 Å². The van der Waals surface area contributed by atoms with E-state index in [2.05, 4.69) is 4.72 Å². The first kappa shape index (κ1) is 14.9. The lowest BCUT2D eigenvalue weighted by Gasteiger charge is -2.56. The van der Waals surface area contributed by atoms with Crippen molar-refractivity contribution in [1.29, 1.82) is 0 Å². The predicted octanol–water partition coefficient (Wildman–Crippen LogP) is 4.09. The Bertz CT molecular complexity index is 862. The molecular weight excluding hydrogens is 318 g/mol. The molecule has 0 saturated heterocycles. The summed E-state index contributed by atoms with van der Waals surface area (Å²) in [6, 6.07) is 13.3. The van der Waals surface area contributed by atoms with Crippen LogP contribution in [0, 0.1) is 17.8 Å². The van der Waals surface area contributed by atoms with Gasteiger partial charge in [0.15, 0.2) is 0 Å². The average molecular weight is 341 g/mol. The van der Waals surface area contributed by atoms with Gasteiger partial charge >= 0.3 is 0 Å². The molecule has 0 amide bonds. The Morgan fingerprint density at radius 1 is 0.833 bits per heavy atom. The Morgan fingerprint density at radius 2 is 1.42 bits per heavy atom. The highest BCUT2D eigenvalue weighted by atomic mass is 32.2. The molecule has 0 aromatic heterocycles. The third-order valence-corrected chi connectivity index (χ3v) is 8.07. The maximum Gasteiger partial charge on any atom is 0.241 e. The van der Waals surface area contributed by atoms with E-state index >= 15 is 0 Å². The number of hydrogen-bond donors (Lipinski definition) is 1. The first-order valence-electron chi connectivity index (χ1n) is 9.05. The van der Waals surface area contributed by atoms with Crippen molar-refractivity contribution in [3.63, 3.8) is 0 Å². The maximum atomic E-state index is 13.2. The van der Waals surface area contributed by atoms with Gasteiger partial charge in [0.25, 0.3) is 0 Å². The molecule has 0 heterocycles. The Kier molecular flexibility index (Phi) is 3.14. The van der Waals surface area contributed by atoms with E-state index in [0.29, 0.717) is 4.90 Å². The average Bonchev–Trinajstić information content (AvgIpc) is 2.52. The number of benzene rings is 2. The molecule has 0 radical (unpaired) electrons. The lowest BCUT2D eigenvalue weighted by Crippen LogP contribution is -2.59. The zero-order chi connectivity index (χ0) is 16.4. The minimum atomic E-state index is -3.50. The number of hydrogen-bond acceptors (Lipinski definition) is 2. The molecule has 4 saturated carbocycles. The summed E-state index contributed by atoms with van der Waals surface area (Å²) in [5, 5.41) is 1.79. The Labute approximate surface area is 143 Å². The molecule has 0 aliphatic heterocycles. The predicted molar refractivity (Wildman–Crippen MR) is 95.2 cm³/mol. The molecule has 1 N–H and O–H groups in total. The first-order chi connectivity index (χ1) is 11.5. The van der Waals surface area contributed by atoms with Gasteiger partial charge in [0.2, 0.25) is 10.0 Å². The van der Waals surface area contributed by atoms with Gasteiger partial charge in [0.1, 0.15) is 0 Å². The van der Waals surface area contributed by atoms with Crippen LogP contribution in [0.4, 0.5) is 0 Å². The second-order valence-electron chi connectivity index (χ2n) is 8.28. The fraction of sp³-hybridized carbons (Fsp3) is 0.500. The lowest BCUT2D eigenvalue weighted by molar-refractivity contribution is -0.00809. The smallest absolute Gasteiger partial charge is 0.207 e. The van der Waals surface area contributed by atoms with Crippen molar-refractivity contribution in [3.8, 4) is 0 Å². The van der Waals surface area contributed by atoms with Crippen LogP contribution in [-0.2, 0) is 10.0 Å². The molecule has 24 heavy (non-hydrogen) atoms. The summed E-state index contributed by atoms with van der Waals surface area (Å²) in [4.78, 5) is 0.427. The maximum absolute atomic E-state index is 13.2.